The summed E-state index contributed by atoms with van der Waals surface area (Å²) in [6.45, 7) is 7.72. The highest BCUT2D eigenvalue weighted by Crippen LogP contribution is 2.14. The first-order chi connectivity index (χ1) is 11.6. The molecule has 0 bridgehead atoms. The minimum atomic E-state index is 0.175. The molecule has 24 heavy (non-hydrogen) atoms. The number of nitrogens with zero attached hydrogens (tertiary/aromatic N) is 1. The largest absolute Gasteiger partial charge is 0.508 e. The summed E-state index contributed by atoms with van der Waals surface area (Å²) in [6, 6.07) is 16.0. The Morgan fingerprint density at radius 1 is 1.00 bits per heavy atom. The van der Waals surface area contributed by atoms with Gasteiger partial charge in [0.1, 0.15) is 5.75 Å². The minimum Gasteiger partial charge on any atom is -0.508 e. The van der Waals surface area contributed by atoms with E-state index in [0.29, 0.717) is 6.54 Å². The van der Waals surface area contributed by atoms with Gasteiger partial charge in [0.05, 0.1) is 12.6 Å². The first-order valence-corrected chi connectivity index (χ1v) is 8.54. The van der Waals surface area contributed by atoms with Gasteiger partial charge in [-0.25, -0.2) is 4.99 Å². The molecule has 0 saturated heterocycles. The van der Waals surface area contributed by atoms with E-state index in [0.717, 1.165) is 24.5 Å². The van der Waals surface area contributed by atoms with Crippen LogP contribution in [0.25, 0.3) is 0 Å². The molecule has 0 fully saturated rings. The van der Waals surface area contributed by atoms with Gasteiger partial charge in [0.2, 0.25) is 0 Å². The standard InChI is InChI=1S/C20H27N3O/c1-4-16-6-10-18(11-7-16)15(3)23-20(21-5-2)22-14-17-8-12-19(24)13-9-17/h6-13,15,24H,4-5,14H2,1-3H3,(H2,21,22,23). The van der Waals surface area contributed by atoms with Gasteiger partial charge in [0, 0.05) is 6.54 Å². The molecule has 4 heteroatoms. The smallest absolute Gasteiger partial charge is 0.192 e. The van der Waals surface area contributed by atoms with Crippen molar-refractivity contribution >= 4 is 5.96 Å². The van der Waals surface area contributed by atoms with Crippen LogP contribution < -0.4 is 10.6 Å². The second-order valence-corrected chi connectivity index (χ2v) is 5.82. The maximum atomic E-state index is 9.34. The van der Waals surface area contributed by atoms with Crippen molar-refractivity contribution in [3.05, 3.63) is 65.2 Å². The molecule has 2 aromatic carbocycles. The van der Waals surface area contributed by atoms with Gasteiger partial charge in [-0.1, -0.05) is 43.3 Å². The maximum Gasteiger partial charge on any atom is 0.192 e. The third-order valence-electron chi connectivity index (χ3n) is 3.94. The third-order valence-corrected chi connectivity index (χ3v) is 3.94. The van der Waals surface area contributed by atoms with Crippen LogP contribution in [0.1, 0.15) is 43.5 Å². The number of aromatic hydroxyl groups is 1. The predicted molar refractivity (Wildman–Crippen MR) is 100 cm³/mol. The van der Waals surface area contributed by atoms with Crippen molar-refractivity contribution in [3.8, 4) is 5.75 Å². The Balaban J connectivity index is 2.02. The lowest BCUT2D eigenvalue weighted by Crippen LogP contribution is -2.38. The number of phenols is 1. The maximum absolute atomic E-state index is 9.34. The monoisotopic (exact) mass is 325 g/mol. The first-order valence-electron chi connectivity index (χ1n) is 8.54. The van der Waals surface area contributed by atoms with E-state index in [4.69, 9.17) is 0 Å². The molecule has 2 aromatic rings. The van der Waals surface area contributed by atoms with E-state index in [1.54, 1.807) is 12.1 Å². The normalized spacial score (nSPS) is 12.7. The fourth-order valence-electron chi connectivity index (χ4n) is 2.42. The zero-order valence-electron chi connectivity index (χ0n) is 14.7. The Morgan fingerprint density at radius 3 is 2.21 bits per heavy atom. The van der Waals surface area contributed by atoms with E-state index < -0.39 is 0 Å². The highest BCUT2D eigenvalue weighted by atomic mass is 16.3. The Labute approximate surface area is 144 Å². The van der Waals surface area contributed by atoms with Crippen LogP contribution in [0.4, 0.5) is 0 Å². The molecule has 1 unspecified atom stereocenters. The molecule has 0 heterocycles. The van der Waals surface area contributed by atoms with Crippen LogP contribution in [0.3, 0.4) is 0 Å². The molecule has 0 saturated carbocycles. The van der Waals surface area contributed by atoms with Crippen LogP contribution in [0, 0.1) is 0 Å². The van der Waals surface area contributed by atoms with Gasteiger partial charge in [-0.3, -0.25) is 0 Å². The van der Waals surface area contributed by atoms with Crippen LogP contribution in [-0.2, 0) is 13.0 Å². The Kier molecular flexibility index (Phi) is 6.67. The van der Waals surface area contributed by atoms with Crippen molar-refractivity contribution in [3.63, 3.8) is 0 Å². The lowest BCUT2D eigenvalue weighted by molar-refractivity contribution is 0.475. The number of aliphatic imine (C=N–C) groups is 1. The number of hydrogen-bond acceptors (Lipinski definition) is 2. The number of phenolic OH excluding ortho intramolecular Hbond substituents is 1. The Hall–Kier alpha value is -2.49. The number of rotatable bonds is 6. The van der Waals surface area contributed by atoms with Gasteiger partial charge in [-0.15, -0.1) is 0 Å². The molecule has 0 aliphatic rings. The lowest BCUT2D eigenvalue weighted by Gasteiger charge is -2.18. The molecular weight excluding hydrogens is 298 g/mol. The molecule has 0 amide bonds. The summed E-state index contributed by atoms with van der Waals surface area (Å²) in [5.74, 6) is 1.06. The Morgan fingerprint density at radius 2 is 1.62 bits per heavy atom. The van der Waals surface area contributed by atoms with Crippen LogP contribution in [0.2, 0.25) is 0 Å². The molecule has 0 aliphatic carbocycles. The second-order valence-electron chi connectivity index (χ2n) is 5.82. The summed E-state index contributed by atoms with van der Waals surface area (Å²) in [5, 5.41) is 16.1. The highest BCUT2D eigenvalue weighted by molar-refractivity contribution is 5.80. The molecular formula is C20H27N3O. The average Bonchev–Trinajstić information content (AvgIpc) is 2.61. The average molecular weight is 325 g/mol. The van der Waals surface area contributed by atoms with Gasteiger partial charge in [0.15, 0.2) is 5.96 Å². The van der Waals surface area contributed by atoms with Crippen LogP contribution in [0.15, 0.2) is 53.5 Å². The molecule has 0 spiro atoms. The molecule has 0 aromatic heterocycles. The van der Waals surface area contributed by atoms with Gasteiger partial charge >= 0.3 is 0 Å². The van der Waals surface area contributed by atoms with Gasteiger partial charge < -0.3 is 15.7 Å². The zero-order valence-corrected chi connectivity index (χ0v) is 14.7. The van der Waals surface area contributed by atoms with Crippen molar-refractivity contribution in [1.29, 1.82) is 0 Å². The van der Waals surface area contributed by atoms with Crippen molar-refractivity contribution < 1.29 is 5.11 Å². The van der Waals surface area contributed by atoms with Gasteiger partial charge in [-0.05, 0) is 49.1 Å². The summed E-state index contributed by atoms with van der Waals surface area (Å²) in [5.41, 5.74) is 3.64. The van der Waals surface area contributed by atoms with Crippen molar-refractivity contribution in [2.45, 2.75) is 39.8 Å². The Bertz CT molecular complexity index is 648. The lowest BCUT2D eigenvalue weighted by atomic mass is 10.1. The number of guanidine groups is 1. The van der Waals surface area contributed by atoms with Crippen LogP contribution in [0.5, 0.6) is 5.75 Å². The highest BCUT2D eigenvalue weighted by Gasteiger charge is 2.07. The van der Waals surface area contributed by atoms with E-state index in [9.17, 15) is 5.11 Å². The fraction of sp³-hybridized carbons (Fsp3) is 0.350. The van der Waals surface area contributed by atoms with E-state index in [2.05, 4.69) is 60.7 Å². The zero-order chi connectivity index (χ0) is 17.4. The van der Waals surface area contributed by atoms with E-state index in [1.165, 1.54) is 11.1 Å². The number of nitrogens with one attached hydrogen (secondary N) is 2. The molecule has 0 aliphatic heterocycles. The molecule has 128 valence electrons. The van der Waals surface area contributed by atoms with Gasteiger partial charge in [-0.2, -0.15) is 0 Å². The van der Waals surface area contributed by atoms with Crippen molar-refractivity contribution in [2.24, 2.45) is 4.99 Å². The molecule has 3 N–H and O–H groups in total. The molecule has 2 rings (SSSR count). The van der Waals surface area contributed by atoms with E-state index in [1.807, 2.05) is 12.1 Å². The third kappa shape index (κ3) is 5.30. The molecule has 4 nitrogen and oxygen atoms in total. The second kappa shape index (κ2) is 8.96. The van der Waals surface area contributed by atoms with Gasteiger partial charge in [0.25, 0.3) is 0 Å². The van der Waals surface area contributed by atoms with Crippen molar-refractivity contribution in [2.75, 3.05) is 6.54 Å². The number of benzene rings is 2. The predicted octanol–water partition coefficient (Wildman–Crippen LogP) is 3.77. The van der Waals surface area contributed by atoms with Crippen LogP contribution >= 0.6 is 0 Å². The molecule has 1 atom stereocenters. The number of hydrogen-bond donors (Lipinski definition) is 3. The quantitative estimate of drug-likeness (QED) is 0.560. The van der Waals surface area contributed by atoms with E-state index in [-0.39, 0.29) is 11.8 Å². The summed E-state index contributed by atoms with van der Waals surface area (Å²) in [7, 11) is 0. The van der Waals surface area contributed by atoms with Crippen molar-refractivity contribution in [1.82, 2.24) is 10.6 Å². The summed E-state index contributed by atoms with van der Waals surface area (Å²) >= 11 is 0. The summed E-state index contributed by atoms with van der Waals surface area (Å²) in [4.78, 5) is 4.63. The topological polar surface area (TPSA) is 56.7 Å². The minimum absolute atomic E-state index is 0.175. The molecule has 0 radical (unpaired) electrons. The number of aryl methyl sites for hydroxylation is 1. The summed E-state index contributed by atoms with van der Waals surface area (Å²) < 4.78 is 0. The first kappa shape index (κ1) is 17.9. The van der Waals surface area contributed by atoms with Crippen LogP contribution in [-0.4, -0.2) is 17.6 Å². The van der Waals surface area contributed by atoms with E-state index >= 15 is 0 Å². The SMILES string of the molecule is CCNC(=NCc1ccc(O)cc1)NC(C)c1ccc(CC)cc1. The summed E-state index contributed by atoms with van der Waals surface area (Å²) in [6.07, 6.45) is 1.05. The fourth-order valence-corrected chi connectivity index (χ4v) is 2.42.